The van der Waals surface area contributed by atoms with Gasteiger partial charge in [0, 0.05) is 5.70 Å². The lowest BCUT2D eigenvalue weighted by Crippen LogP contribution is -1.98. The number of rotatable bonds is 3. The average Bonchev–Trinajstić information content (AvgIpc) is 2.61. The largest absolute Gasteiger partial charge is 0.398 e. The average molecular weight is 205 g/mol. The van der Waals surface area contributed by atoms with Crippen molar-refractivity contribution in [3.63, 3.8) is 0 Å². The first-order valence-corrected chi connectivity index (χ1v) is 4.74. The summed E-state index contributed by atoms with van der Waals surface area (Å²) in [5.41, 5.74) is 7.23. The molecule has 0 fully saturated rings. The summed E-state index contributed by atoms with van der Waals surface area (Å²) in [7, 11) is 0. The molecule has 0 aliphatic carbocycles. The van der Waals surface area contributed by atoms with Crippen molar-refractivity contribution in [3.05, 3.63) is 41.7 Å². The second kappa shape index (κ2) is 5.14. The Hall–Kier alpha value is -1.84. The van der Waals surface area contributed by atoms with E-state index in [2.05, 4.69) is 10.1 Å². The third-order valence-electron chi connectivity index (χ3n) is 1.75. The van der Waals surface area contributed by atoms with Gasteiger partial charge < -0.3 is 10.3 Å². The van der Waals surface area contributed by atoms with Gasteiger partial charge in [0.15, 0.2) is 5.82 Å². The Morgan fingerprint density at radius 1 is 1.27 bits per heavy atom. The lowest BCUT2D eigenvalue weighted by molar-refractivity contribution is 0.403. The van der Waals surface area contributed by atoms with Crippen LogP contribution in [0.25, 0.3) is 5.57 Å². The van der Waals surface area contributed by atoms with Gasteiger partial charge in [-0.05, 0) is 26.8 Å². The molecule has 0 aliphatic rings. The van der Waals surface area contributed by atoms with Crippen molar-refractivity contribution in [1.82, 2.24) is 10.1 Å². The van der Waals surface area contributed by atoms with E-state index in [1.165, 1.54) is 0 Å². The number of aromatic nitrogens is 2. The van der Waals surface area contributed by atoms with Crippen molar-refractivity contribution < 1.29 is 4.52 Å². The number of nitrogens with two attached hydrogens (primary N) is 1. The topological polar surface area (TPSA) is 64.9 Å². The van der Waals surface area contributed by atoms with E-state index in [-0.39, 0.29) is 0 Å². The zero-order chi connectivity index (χ0) is 11.3. The second-order valence-electron chi connectivity index (χ2n) is 3.02. The van der Waals surface area contributed by atoms with Crippen LogP contribution in [0, 0.1) is 6.92 Å². The molecule has 4 heteroatoms. The van der Waals surface area contributed by atoms with Gasteiger partial charge in [0.05, 0.1) is 5.57 Å². The second-order valence-corrected chi connectivity index (χ2v) is 3.02. The van der Waals surface area contributed by atoms with E-state index in [1.807, 2.05) is 32.1 Å². The van der Waals surface area contributed by atoms with Crippen LogP contribution in [0.15, 0.2) is 34.5 Å². The normalized spacial score (nSPS) is 13.8. The number of allylic oxidation sites excluding steroid dienone is 5. The molecule has 1 heterocycles. The fourth-order valence-corrected chi connectivity index (χ4v) is 1.13. The lowest BCUT2D eigenvalue weighted by Gasteiger charge is -1.98. The van der Waals surface area contributed by atoms with Crippen LogP contribution in [0.2, 0.25) is 0 Å². The molecule has 80 valence electrons. The van der Waals surface area contributed by atoms with Crippen molar-refractivity contribution in [1.29, 1.82) is 0 Å². The molecule has 1 rings (SSSR count). The lowest BCUT2D eigenvalue weighted by atomic mass is 10.2. The highest BCUT2D eigenvalue weighted by Crippen LogP contribution is 2.16. The highest BCUT2D eigenvalue weighted by molar-refractivity contribution is 5.72. The molecule has 1 aromatic rings. The van der Waals surface area contributed by atoms with E-state index in [0.29, 0.717) is 17.4 Å². The summed E-state index contributed by atoms with van der Waals surface area (Å²) < 4.78 is 5.06. The minimum atomic E-state index is 0.446. The molecule has 0 aromatic carbocycles. The van der Waals surface area contributed by atoms with E-state index >= 15 is 0 Å². The van der Waals surface area contributed by atoms with Crippen LogP contribution in [0.3, 0.4) is 0 Å². The zero-order valence-electron chi connectivity index (χ0n) is 9.19. The SMILES string of the molecule is C\C=C/C(N)=C(\C=C/C)c1nc(C)no1. The number of aryl methyl sites for hydroxylation is 1. The highest BCUT2D eigenvalue weighted by atomic mass is 16.5. The van der Waals surface area contributed by atoms with Crippen LogP contribution in [0.5, 0.6) is 0 Å². The zero-order valence-corrected chi connectivity index (χ0v) is 9.19. The quantitative estimate of drug-likeness (QED) is 0.768. The number of nitrogens with zero attached hydrogens (tertiary/aromatic N) is 2. The van der Waals surface area contributed by atoms with Gasteiger partial charge in [-0.15, -0.1) is 0 Å². The maximum absolute atomic E-state index is 5.87. The standard InChI is InChI=1S/C11H15N3O/c1-4-6-9(10(12)7-5-2)11-13-8(3)14-15-11/h4-7H,12H2,1-3H3/b6-4-,7-5-,10-9-. The van der Waals surface area contributed by atoms with E-state index < -0.39 is 0 Å². The number of hydrogen-bond acceptors (Lipinski definition) is 4. The van der Waals surface area contributed by atoms with Crippen LogP contribution >= 0.6 is 0 Å². The Kier molecular flexibility index (Phi) is 3.85. The molecular weight excluding hydrogens is 190 g/mol. The van der Waals surface area contributed by atoms with Gasteiger partial charge in [0.1, 0.15) is 0 Å². The van der Waals surface area contributed by atoms with Gasteiger partial charge in [-0.1, -0.05) is 23.4 Å². The summed E-state index contributed by atoms with van der Waals surface area (Å²) in [6.45, 7) is 5.58. The number of hydrogen-bond donors (Lipinski definition) is 1. The predicted octanol–water partition coefficient (Wildman–Crippen LogP) is 2.20. The molecule has 0 atom stereocenters. The monoisotopic (exact) mass is 205 g/mol. The molecule has 0 aliphatic heterocycles. The van der Waals surface area contributed by atoms with Gasteiger partial charge >= 0.3 is 0 Å². The molecule has 0 saturated carbocycles. The Morgan fingerprint density at radius 3 is 2.40 bits per heavy atom. The third-order valence-corrected chi connectivity index (χ3v) is 1.75. The van der Waals surface area contributed by atoms with Crippen LogP contribution in [0.1, 0.15) is 25.6 Å². The van der Waals surface area contributed by atoms with Crippen LogP contribution in [0.4, 0.5) is 0 Å². The van der Waals surface area contributed by atoms with Crippen LogP contribution < -0.4 is 5.73 Å². The summed E-state index contributed by atoms with van der Waals surface area (Å²) in [6, 6.07) is 0. The van der Waals surface area contributed by atoms with Crippen molar-refractivity contribution in [2.75, 3.05) is 0 Å². The van der Waals surface area contributed by atoms with Gasteiger partial charge in [0.2, 0.25) is 0 Å². The summed E-state index contributed by atoms with van der Waals surface area (Å²) in [4.78, 5) is 4.13. The van der Waals surface area contributed by atoms with E-state index in [9.17, 15) is 0 Å². The van der Waals surface area contributed by atoms with Gasteiger partial charge in [0.25, 0.3) is 5.89 Å². The third kappa shape index (κ3) is 2.80. The Morgan fingerprint density at radius 2 is 1.93 bits per heavy atom. The van der Waals surface area contributed by atoms with Gasteiger partial charge in [-0.3, -0.25) is 0 Å². The van der Waals surface area contributed by atoms with Crippen LogP contribution in [-0.2, 0) is 0 Å². The summed E-state index contributed by atoms with van der Waals surface area (Å²) in [5, 5.41) is 3.73. The van der Waals surface area contributed by atoms with E-state index in [1.54, 1.807) is 13.0 Å². The van der Waals surface area contributed by atoms with Crippen molar-refractivity contribution in [2.24, 2.45) is 5.73 Å². The first-order chi connectivity index (χ1) is 7.19. The Balaban J connectivity index is 3.19. The highest BCUT2D eigenvalue weighted by Gasteiger charge is 2.09. The van der Waals surface area contributed by atoms with E-state index in [0.717, 1.165) is 5.57 Å². The first-order valence-electron chi connectivity index (χ1n) is 4.74. The molecule has 0 bridgehead atoms. The van der Waals surface area contributed by atoms with Crippen molar-refractivity contribution in [3.8, 4) is 0 Å². The van der Waals surface area contributed by atoms with Crippen molar-refractivity contribution >= 4 is 5.57 Å². The maximum Gasteiger partial charge on any atom is 0.259 e. The van der Waals surface area contributed by atoms with Crippen LogP contribution in [-0.4, -0.2) is 10.1 Å². The molecule has 0 unspecified atom stereocenters. The molecule has 4 nitrogen and oxygen atoms in total. The Bertz CT molecular complexity index is 413. The molecule has 2 N–H and O–H groups in total. The van der Waals surface area contributed by atoms with Gasteiger partial charge in [-0.2, -0.15) is 4.98 Å². The maximum atomic E-state index is 5.87. The summed E-state index contributed by atoms with van der Waals surface area (Å²) in [5.74, 6) is 1.04. The molecule has 1 aromatic heterocycles. The molecule has 0 amide bonds. The molecule has 0 radical (unpaired) electrons. The molecular formula is C11H15N3O. The fourth-order valence-electron chi connectivity index (χ4n) is 1.13. The van der Waals surface area contributed by atoms with Gasteiger partial charge in [-0.25, -0.2) is 0 Å². The van der Waals surface area contributed by atoms with Crippen molar-refractivity contribution in [2.45, 2.75) is 20.8 Å². The first kappa shape index (κ1) is 11.2. The summed E-state index contributed by atoms with van der Waals surface area (Å²) in [6.07, 6.45) is 7.39. The summed E-state index contributed by atoms with van der Waals surface area (Å²) >= 11 is 0. The molecule has 0 spiro atoms. The fraction of sp³-hybridized carbons (Fsp3) is 0.273. The minimum absolute atomic E-state index is 0.446. The predicted molar refractivity (Wildman–Crippen MR) is 59.8 cm³/mol. The smallest absolute Gasteiger partial charge is 0.259 e. The van der Waals surface area contributed by atoms with E-state index in [4.69, 9.17) is 10.3 Å². The minimum Gasteiger partial charge on any atom is -0.398 e. The molecule has 15 heavy (non-hydrogen) atoms. The molecule has 0 saturated heterocycles. The Labute approximate surface area is 89.2 Å².